The minimum absolute atomic E-state index is 0.00272. The molecule has 13 heavy (non-hydrogen) atoms. The Labute approximate surface area is 79.1 Å². The van der Waals surface area contributed by atoms with Crippen molar-refractivity contribution in [3.05, 3.63) is 0 Å². The molecule has 1 atom stereocenters. The molecular weight excluding hydrogens is 166 g/mol. The summed E-state index contributed by atoms with van der Waals surface area (Å²) in [5.41, 5.74) is 5.40. The van der Waals surface area contributed by atoms with Gasteiger partial charge < -0.3 is 11.1 Å². The van der Waals surface area contributed by atoms with E-state index >= 15 is 0 Å². The van der Waals surface area contributed by atoms with Crippen molar-refractivity contribution in [3.8, 4) is 6.07 Å². The molecule has 0 heterocycles. The molecule has 0 aliphatic rings. The van der Waals surface area contributed by atoms with Crippen LogP contribution in [0.4, 0.5) is 0 Å². The third-order valence-electron chi connectivity index (χ3n) is 1.91. The first-order valence-corrected chi connectivity index (χ1v) is 4.61. The summed E-state index contributed by atoms with van der Waals surface area (Å²) in [7, 11) is 0. The zero-order valence-electron chi connectivity index (χ0n) is 8.05. The van der Waals surface area contributed by atoms with Crippen molar-refractivity contribution in [2.45, 2.75) is 26.2 Å². The van der Waals surface area contributed by atoms with Gasteiger partial charge in [0.05, 0.1) is 6.07 Å². The van der Waals surface area contributed by atoms with Crippen molar-refractivity contribution in [1.29, 1.82) is 5.26 Å². The number of hydrogen-bond donors (Lipinski definition) is 2. The van der Waals surface area contributed by atoms with Crippen molar-refractivity contribution in [1.82, 2.24) is 5.32 Å². The molecule has 1 amide bonds. The molecule has 0 spiro atoms. The fourth-order valence-corrected chi connectivity index (χ4v) is 0.982. The molecule has 0 saturated carbocycles. The molecule has 0 aliphatic carbocycles. The van der Waals surface area contributed by atoms with Crippen LogP contribution in [0.2, 0.25) is 0 Å². The van der Waals surface area contributed by atoms with Gasteiger partial charge in [0.1, 0.15) is 0 Å². The van der Waals surface area contributed by atoms with E-state index in [-0.39, 0.29) is 11.8 Å². The molecule has 0 saturated heterocycles. The van der Waals surface area contributed by atoms with Crippen LogP contribution in [0.1, 0.15) is 26.2 Å². The van der Waals surface area contributed by atoms with E-state index in [0.717, 1.165) is 6.42 Å². The van der Waals surface area contributed by atoms with Gasteiger partial charge in [0.2, 0.25) is 5.91 Å². The summed E-state index contributed by atoms with van der Waals surface area (Å²) in [6.07, 6.45) is 1.96. The summed E-state index contributed by atoms with van der Waals surface area (Å²) < 4.78 is 0. The number of nitrogens with two attached hydrogens (primary N) is 1. The quantitative estimate of drug-likeness (QED) is 0.585. The van der Waals surface area contributed by atoms with Crippen LogP contribution in [0.3, 0.4) is 0 Å². The van der Waals surface area contributed by atoms with Crippen molar-refractivity contribution < 1.29 is 4.79 Å². The first kappa shape index (κ1) is 11.9. The lowest BCUT2D eigenvalue weighted by Gasteiger charge is -2.11. The van der Waals surface area contributed by atoms with E-state index in [4.69, 9.17) is 11.0 Å². The maximum absolute atomic E-state index is 11.3. The lowest BCUT2D eigenvalue weighted by Crippen LogP contribution is -2.35. The first-order valence-electron chi connectivity index (χ1n) is 4.61. The van der Waals surface area contributed by atoms with Crippen LogP contribution in [-0.2, 0) is 4.79 Å². The molecule has 0 radical (unpaired) electrons. The molecule has 0 aliphatic heterocycles. The van der Waals surface area contributed by atoms with Crippen LogP contribution in [0.15, 0.2) is 0 Å². The Morgan fingerprint density at radius 2 is 2.38 bits per heavy atom. The fraction of sp³-hybridized carbons (Fsp3) is 0.778. The van der Waals surface area contributed by atoms with Crippen molar-refractivity contribution in [2.24, 2.45) is 11.7 Å². The summed E-state index contributed by atoms with van der Waals surface area (Å²) in [6.45, 7) is 2.90. The van der Waals surface area contributed by atoms with Gasteiger partial charge in [0.15, 0.2) is 0 Å². The summed E-state index contributed by atoms with van der Waals surface area (Å²) in [6, 6.07) is 2.02. The van der Waals surface area contributed by atoms with E-state index in [1.54, 1.807) is 0 Å². The highest BCUT2D eigenvalue weighted by molar-refractivity contribution is 5.78. The standard InChI is InChI=1S/C9H17N3O/c1-2-8(7-11)9(13)12-6-4-3-5-10/h8H,2-4,6-7,11H2,1H3,(H,12,13). The number of nitriles is 1. The molecule has 0 rings (SSSR count). The SMILES string of the molecule is CCC(CN)C(=O)NCCCC#N. The van der Waals surface area contributed by atoms with Gasteiger partial charge in [0.25, 0.3) is 0 Å². The summed E-state index contributed by atoms with van der Waals surface area (Å²) in [5.74, 6) is -0.0787. The number of hydrogen-bond acceptors (Lipinski definition) is 3. The van der Waals surface area contributed by atoms with E-state index in [0.29, 0.717) is 25.9 Å². The van der Waals surface area contributed by atoms with Gasteiger partial charge in [-0.1, -0.05) is 6.92 Å². The lowest BCUT2D eigenvalue weighted by molar-refractivity contribution is -0.124. The largest absolute Gasteiger partial charge is 0.356 e. The topological polar surface area (TPSA) is 78.9 Å². The highest BCUT2D eigenvalue weighted by Gasteiger charge is 2.12. The van der Waals surface area contributed by atoms with Crippen molar-refractivity contribution in [2.75, 3.05) is 13.1 Å². The Balaban J connectivity index is 3.55. The Morgan fingerprint density at radius 3 is 2.85 bits per heavy atom. The second-order valence-corrected chi connectivity index (χ2v) is 2.89. The minimum Gasteiger partial charge on any atom is -0.356 e. The molecule has 0 bridgehead atoms. The van der Waals surface area contributed by atoms with Crippen LogP contribution in [0, 0.1) is 17.2 Å². The lowest BCUT2D eigenvalue weighted by atomic mass is 10.1. The van der Waals surface area contributed by atoms with Crippen LogP contribution in [0.5, 0.6) is 0 Å². The molecule has 0 aromatic heterocycles. The summed E-state index contributed by atoms with van der Waals surface area (Å²) >= 11 is 0. The zero-order valence-corrected chi connectivity index (χ0v) is 8.05. The molecule has 4 nitrogen and oxygen atoms in total. The molecule has 3 N–H and O–H groups in total. The van der Waals surface area contributed by atoms with E-state index in [9.17, 15) is 4.79 Å². The second-order valence-electron chi connectivity index (χ2n) is 2.89. The average Bonchev–Trinajstić information content (AvgIpc) is 2.14. The van der Waals surface area contributed by atoms with Crippen LogP contribution in [-0.4, -0.2) is 19.0 Å². The number of nitrogens with zero attached hydrogens (tertiary/aromatic N) is 1. The van der Waals surface area contributed by atoms with Crippen LogP contribution >= 0.6 is 0 Å². The average molecular weight is 183 g/mol. The smallest absolute Gasteiger partial charge is 0.224 e. The van der Waals surface area contributed by atoms with E-state index in [2.05, 4.69) is 5.32 Å². The molecule has 1 unspecified atom stereocenters. The van der Waals surface area contributed by atoms with Crippen molar-refractivity contribution >= 4 is 5.91 Å². The van der Waals surface area contributed by atoms with Gasteiger partial charge in [0, 0.05) is 25.4 Å². The third kappa shape index (κ3) is 5.21. The molecule has 0 aromatic carbocycles. The van der Waals surface area contributed by atoms with Crippen LogP contribution in [0.25, 0.3) is 0 Å². The highest BCUT2D eigenvalue weighted by Crippen LogP contribution is 1.99. The Morgan fingerprint density at radius 1 is 1.69 bits per heavy atom. The fourth-order valence-electron chi connectivity index (χ4n) is 0.982. The van der Waals surface area contributed by atoms with Gasteiger partial charge in [-0.05, 0) is 12.8 Å². The van der Waals surface area contributed by atoms with Gasteiger partial charge in [-0.25, -0.2) is 0 Å². The number of carbonyl (C=O) groups is 1. The van der Waals surface area contributed by atoms with Gasteiger partial charge in [-0.2, -0.15) is 5.26 Å². The first-order chi connectivity index (χ1) is 6.26. The Hall–Kier alpha value is -1.08. The number of amides is 1. The van der Waals surface area contributed by atoms with Gasteiger partial charge >= 0.3 is 0 Å². The predicted molar refractivity (Wildman–Crippen MR) is 50.7 cm³/mol. The van der Waals surface area contributed by atoms with E-state index < -0.39 is 0 Å². The number of unbranched alkanes of at least 4 members (excludes halogenated alkanes) is 1. The van der Waals surface area contributed by atoms with Crippen molar-refractivity contribution in [3.63, 3.8) is 0 Å². The molecule has 0 fully saturated rings. The molecule has 0 aromatic rings. The van der Waals surface area contributed by atoms with Gasteiger partial charge in [-0.3, -0.25) is 4.79 Å². The minimum atomic E-state index is -0.0814. The third-order valence-corrected chi connectivity index (χ3v) is 1.91. The molecular formula is C9H17N3O. The van der Waals surface area contributed by atoms with E-state index in [1.807, 2.05) is 13.0 Å². The predicted octanol–water partition coefficient (Wildman–Crippen LogP) is 0.391. The number of carbonyl (C=O) groups excluding carboxylic acids is 1. The summed E-state index contributed by atoms with van der Waals surface area (Å²) in [5, 5.41) is 11.0. The Bertz CT molecular complexity index is 182. The molecule has 4 heteroatoms. The number of rotatable bonds is 6. The van der Waals surface area contributed by atoms with E-state index in [1.165, 1.54) is 0 Å². The molecule has 74 valence electrons. The summed E-state index contributed by atoms with van der Waals surface area (Å²) in [4.78, 5) is 11.3. The number of nitrogens with one attached hydrogen (secondary N) is 1. The Kier molecular flexibility index (Phi) is 6.93. The normalized spacial score (nSPS) is 11.8. The maximum Gasteiger partial charge on any atom is 0.224 e. The maximum atomic E-state index is 11.3. The van der Waals surface area contributed by atoms with Gasteiger partial charge in [-0.15, -0.1) is 0 Å². The zero-order chi connectivity index (χ0) is 10.1. The van der Waals surface area contributed by atoms with Crippen LogP contribution < -0.4 is 11.1 Å². The second kappa shape index (κ2) is 7.56. The highest BCUT2D eigenvalue weighted by atomic mass is 16.1. The monoisotopic (exact) mass is 183 g/mol.